The number of nitrogens with zero attached hydrogens (tertiary/aromatic N) is 2. The number of carbonyl (C=O) groups excluding carboxylic acids is 1. The molecule has 0 bridgehead atoms. The number of hydrogen-bond acceptors (Lipinski definition) is 4. The number of ether oxygens (including phenoxy) is 1. The van der Waals surface area contributed by atoms with Crippen molar-refractivity contribution in [3.63, 3.8) is 0 Å². The number of hydrazone groups is 1. The summed E-state index contributed by atoms with van der Waals surface area (Å²) >= 11 is 4.66. The van der Waals surface area contributed by atoms with Crippen molar-refractivity contribution in [1.82, 2.24) is 10.3 Å². The number of likely N-dealkylation sites (tertiary alicyclic amines) is 1. The first-order chi connectivity index (χ1) is 9.19. The standard InChI is InChI=1S/C13H22N4O2S/c1-12(2,3)19-11(18)17-7-13(8-17)4-9(5-13)6-15-16-10(14)20/h6,9H,4-5,7-8H2,1-3H3,(H3,14,16,20)/b15-6-. The van der Waals surface area contributed by atoms with E-state index < -0.39 is 5.60 Å². The third-order valence-electron chi connectivity index (χ3n) is 3.55. The molecule has 1 heterocycles. The topological polar surface area (TPSA) is 80.0 Å². The minimum atomic E-state index is -0.430. The first kappa shape index (κ1) is 15.0. The van der Waals surface area contributed by atoms with Crippen molar-refractivity contribution >= 4 is 29.6 Å². The lowest BCUT2D eigenvalue weighted by atomic mass is 9.58. The van der Waals surface area contributed by atoms with Gasteiger partial charge in [-0.2, -0.15) is 5.10 Å². The van der Waals surface area contributed by atoms with Gasteiger partial charge in [0.2, 0.25) is 0 Å². The minimum Gasteiger partial charge on any atom is -0.444 e. The number of carbonyl (C=O) groups is 1. The fourth-order valence-corrected chi connectivity index (χ4v) is 2.89. The van der Waals surface area contributed by atoms with Gasteiger partial charge in [0.1, 0.15) is 5.60 Å². The molecule has 1 amide bonds. The van der Waals surface area contributed by atoms with Crippen molar-refractivity contribution < 1.29 is 9.53 Å². The van der Waals surface area contributed by atoms with E-state index in [-0.39, 0.29) is 16.6 Å². The van der Waals surface area contributed by atoms with E-state index in [0.717, 1.165) is 25.9 Å². The molecule has 2 aliphatic rings. The third kappa shape index (κ3) is 3.59. The molecule has 0 atom stereocenters. The van der Waals surface area contributed by atoms with Crippen molar-refractivity contribution in [2.24, 2.45) is 22.2 Å². The van der Waals surface area contributed by atoms with E-state index in [9.17, 15) is 4.79 Å². The molecular weight excluding hydrogens is 276 g/mol. The Morgan fingerprint density at radius 2 is 2.10 bits per heavy atom. The monoisotopic (exact) mass is 298 g/mol. The maximum Gasteiger partial charge on any atom is 0.410 e. The van der Waals surface area contributed by atoms with Gasteiger partial charge in [0, 0.05) is 24.7 Å². The van der Waals surface area contributed by atoms with Crippen molar-refractivity contribution in [1.29, 1.82) is 0 Å². The van der Waals surface area contributed by atoms with Crippen LogP contribution in [0.25, 0.3) is 0 Å². The lowest BCUT2D eigenvalue weighted by molar-refractivity contribution is -0.0805. The average Bonchev–Trinajstić information content (AvgIpc) is 2.14. The first-order valence-corrected chi connectivity index (χ1v) is 7.17. The third-order valence-corrected chi connectivity index (χ3v) is 3.65. The van der Waals surface area contributed by atoms with E-state index in [0.29, 0.717) is 5.92 Å². The summed E-state index contributed by atoms with van der Waals surface area (Å²) in [4.78, 5) is 13.6. The first-order valence-electron chi connectivity index (χ1n) is 6.76. The molecule has 7 heteroatoms. The van der Waals surface area contributed by atoms with Gasteiger partial charge < -0.3 is 15.4 Å². The fraction of sp³-hybridized carbons (Fsp3) is 0.769. The molecular formula is C13H22N4O2S. The Morgan fingerprint density at radius 3 is 2.60 bits per heavy atom. The lowest BCUT2D eigenvalue weighted by Crippen LogP contribution is -2.64. The molecule has 1 aliphatic heterocycles. The Hall–Kier alpha value is -1.37. The Labute approximate surface area is 124 Å². The van der Waals surface area contributed by atoms with Crippen molar-refractivity contribution in [2.45, 2.75) is 39.2 Å². The van der Waals surface area contributed by atoms with Crippen molar-refractivity contribution in [3.05, 3.63) is 0 Å². The predicted molar refractivity (Wildman–Crippen MR) is 81.4 cm³/mol. The Balaban J connectivity index is 1.69. The van der Waals surface area contributed by atoms with Crippen LogP contribution in [0.3, 0.4) is 0 Å². The summed E-state index contributed by atoms with van der Waals surface area (Å²) in [5.74, 6) is 0.442. The van der Waals surface area contributed by atoms with Crippen LogP contribution in [0, 0.1) is 11.3 Å². The van der Waals surface area contributed by atoms with Crippen LogP contribution in [0.15, 0.2) is 5.10 Å². The lowest BCUT2D eigenvalue weighted by Gasteiger charge is -2.58. The highest BCUT2D eigenvalue weighted by molar-refractivity contribution is 7.80. The highest BCUT2D eigenvalue weighted by Gasteiger charge is 2.53. The van der Waals surface area contributed by atoms with Crippen LogP contribution in [-0.4, -0.2) is 41.0 Å². The van der Waals surface area contributed by atoms with Gasteiger partial charge in [0.15, 0.2) is 5.11 Å². The van der Waals surface area contributed by atoms with E-state index in [1.54, 1.807) is 4.90 Å². The Kier molecular flexibility index (Phi) is 3.90. The maximum absolute atomic E-state index is 11.8. The van der Waals surface area contributed by atoms with E-state index in [1.165, 1.54) is 0 Å². The second-order valence-electron chi connectivity index (χ2n) is 6.76. The van der Waals surface area contributed by atoms with Gasteiger partial charge in [0.05, 0.1) is 0 Å². The summed E-state index contributed by atoms with van der Waals surface area (Å²) in [6.07, 6.45) is 3.74. The quantitative estimate of drug-likeness (QED) is 0.458. The highest BCUT2D eigenvalue weighted by atomic mass is 32.1. The molecule has 20 heavy (non-hydrogen) atoms. The van der Waals surface area contributed by atoms with E-state index in [4.69, 9.17) is 10.5 Å². The summed E-state index contributed by atoms with van der Waals surface area (Å²) in [5.41, 5.74) is 7.68. The predicted octanol–water partition coefficient (Wildman–Crippen LogP) is 1.45. The molecule has 0 aromatic heterocycles. The molecule has 0 aromatic rings. The number of rotatable bonds is 2. The zero-order chi connectivity index (χ0) is 15.0. The normalized spacial score (nSPS) is 21.4. The highest BCUT2D eigenvalue weighted by Crippen LogP contribution is 2.51. The zero-order valence-corrected chi connectivity index (χ0v) is 13.0. The van der Waals surface area contributed by atoms with Gasteiger partial charge in [-0.25, -0.2) is 4.79 Å². The molecule has 112 valence electrons. The molecule has 1 spiro atoms. The molecule has 2 rings (SSSR count). The van der Waals surface area contributed by atoms with Crippen molar-refractivity contribution in [3.8, 4) is 0 Å². The van der Waals surface area contributed by atoms with Crippen molar-refractivity contribution in [2.75, 3.05) is 13.1 Å². The number of hydrogen-bond donors (Lipinski definition) is 2. The molecule has 3 N–H and O–H groups in total. The van der Waals surface area contributed by atoms with Crippen LogP contribution in [0.5, 0.6) is 0 Å². The molecule has 6 nitrogen and oxygen atoms in total. The van der Waals surface area contributed by atoms with Crippen LogP contribution in [0.4, 0.5) is 4.79 Å². The second kappa shape index (κ2) is 5.20. The summed E-state index contributed by atoms with van der Waals surface area (Å²) in [6, 6.07) is 0. The molecule has 0 radical (unpaired) electrons. The van der Waals surface area contributed by atoms with E-state index in [2.05, 4.69) is 22.7 Å². The van der Waals surface area contributed by atoms with Crippen LogP contribution in [0.1, 0.15) is 33.6 Å². The number of nitrogens with two attached hydrogens (primary N) is 1. The van der Waals surface area contributed by atoms with Gasteiger partial charge in [-0.1, -0.05) is 0 Å². The Bertz CT molecular complexity index is 430. The van der Waals surface area contributed by atoms with E-state index >= 15 is 0 Å². The summed E-state index contributed by atoms with van der Waals surface area (Å²) in [5, 5.41) is 4.15. The summed E-state index contributed by atoms with van der Waals surface area (Å²) in [6.45, 7) is 7.21. The number of thiocarbonyl (C=S) groups is 1. The smallest absolute Gasteiger partial charge is 0.410 e. The van der Waals surface area contributed by atoms with Crippen LogP contribution in [0.2, 0.25) is 0 Å². The molecule has 1 aliphatic carbocycles. The minimum absolute atomic E-state index is 0.176. The van der Waals surface area contributed by atoms with Gasteiger partial charge in [-0.05, 0) is 51.7 Å². The van der Waals surface area contributed by atoms with Gasteiger partial charge in [0.25, 0.3) is 0 Å². The Morgan fingerprint density at radius 1 is 1.50 bits per heavy atom. The summed E-state index contributed by atoms with van der Waals surface area (Å²) in [7, 11) is 0. The molecule has 1 saturated carbocycles. The number of nitrogens with one attached hydrogen (secondary N) is 1. The molecule has 1 saturated heterocycles. The van der Waals surface area contributed by atoms with Gasteiger partial charge >= 0.3 is 6.09 Å². The maximum atomic E-state index is 11.8. The van der Waals surface area contributed by atoms with E-state index in [1.807, 2.05) is 27.0 Å². The largest absolute Gasteiger partial charge is 0.444 e. The molecule has 0 aromatic carbocycles. The second-order valence-corrected chi connectivity index (χ2v) is 7.20. The summed E-state index contributed by atoms with van der Waals surface area (Å²) < 4.78 is 5.34. The zero-order valence-electron chi connectivity index (χ0n) is 12.2. The molecule has 0 unspecified atom stereocenters. The van der Waals surface area contributed by atoms with Crippen LogP contribution in [-0.2, 0) is 4.74 Å². The van der Waals surface area contributed by atoms with Gasteiger partial charge in [-0.3, -0.25) is 5.43 Å². The number of amides is 1. The molecule has 2 fully saturated rings. The van der Waals surface area contributed by atoms with Crippen LogP contribution >= 0.6 is 12.2 Å². The fourth-order valence-electron chi connectivity index (χ4n) is 2.84. The average molecular weight is 298 g/mol. The SMILES string of the molecule is CC(C)(C)OC(=O)N1CC2(CC(/C=N\NC(N)=S)C2)C1. The van der Waals surface area contributed by atoms with Gasteiger partial charge in [-0.15, -0.1) is 0 Å². The van der Waals surface area contributed by atoms with Crippen LogP contribution < -0.4 is 11.2 Å².